The number of piperidine rings is 1. The van der Waals surface area contributed by atoms with Crippen molar-refractivity contribution in [3.8, 4) is 0 Å². The third kappa shape index (κ3) is 5.92. The quantitative estimate of drug-likeness (QED) is 0.405. The Labute approximate surface area is 220 Å². The fraction of sp³-hybridized carbons (Fsp3) is 0.480. The van der Waals surface area contributed by atoms with E-state index in [-0.39, 0.29) is 6.04 Å². The number of carbonyl (C=O) groups is 1. The largest absolute Gasteiger partial charge is 0.379 e. The zero-order valence-corrected chi connectivity index (χ0v) is 21.6. The van der Waals surface area contributed by atoms with Gasteiger partial charge < -0.3 is 19.9 Å². The molecule has 9 nitrogen and oxygen atoms in total. The molecule has 0 amide bonds. The van der Waals surface area contributed by atoms with Gasteiger partial charge in [0.2, 0.25) is 0 Å². The van der Waals surface area contributed by atoms with E-state index in [0.717, 1.165) is 94.1 Å². The lowest BCUT2D eigenvalue weighted by Crippen LogP contribution is -2.55. The molecule has 2 unspecified atom stereocenters. The Hall–Kier alpha value is -2.43. The first-order chi connectivity index (χ1) is 17.6. The van der Waals surface area contributed by atoms with Crippen molar-refractivity contribution in [1.29, 1.82) is 0 Å². The van der Waals surface area contributed by atoms with Crippen LogP contribution < -0.4 is 10.2 Å². The lowest BCUT2D eigenvalue weighted by atomic mass is 10.0. The van der Waals surface area contributed by atoms with Crippen LogP contribution in [0, 0.1) is 0 Å². The Kier molecular flexibility index (Phi) is 8.23. The number of rotatable bonds is 9. The van der Waals surface area contributed by atoms with Gasteiger partial charge in [-0.15, -0.1) is 0 Å². The number of halogens is 2. The van der Waals surface area contributed by atoms with Crippen LogP contribution in [0.2, 0.25) is 10.0 Å². The van der Waals surface area contributed by atoms with Gasteiger partial charge in [-0.3, -0.25) is 14.6 Å². The second kappa shape index (κ2) is 11.7. The van der Waals surface area contributed by atoms with Crippen molar-refractivity contribution in [1.82, 2.24) is 24.8 Å². The SMILES string of the molecule is O=CC(Nc1cc(Cl)cc(Cl)c1)N1CCCC(N(CCN2CCOCC2)c2ncnc3[nH]ccc23)C1. The number of anilines is 2. The molecule has 2 aliphatic heterocycles. The molecular weight excluding hydrogens is 501 g/mol. The predicted octanol–water partition coefficient (Wildman–Crippen LogP) is 3.50. The van der Waals surface area contributed by atoms with Crippen molar-refractivity contribution in [2.75, 3.05) is 62.7 Å². The summed E-state index contributed by atoms with van der Waals surface area (Å²) < 4.78 is 5.53. The zero-order chi connectivity index (χ0) is 24.9. The van der Waals surface area contributed by atoms with Gasteiger partial charge in [0.25, 0.3) is 0 Å². The van der Waals surface area contributed by atoms with Crippen molar-refractivity contribution in [3.63, 3.8) is 0 Å². The van der Waals surface area contributed by atoms with Crippen molar-refractivity contribution < 1.29 is 9.53 Å². The van der Waals surface area contributed by atoms with Gasteiger partial charge in [-0.05, 0) is 37.1 Å². The molecule has 2 aromatic heterocycles. The first kappa shape index (κ1) is 25.2. The molecular formula is C25H31Cl2N7O2. The number of hydrogen-bond acceptors (Lipinski definition) is 8. The van der Waals surface area contributed by atoms with E-state index >= 15 is 0 Å². The molecule has 2 aliphatic rings. The van der Waals surface area contributed by atoms with E-state index in [1.54, 1.807) is 24.5 Å². The predicted molar refractivity (Wildman–Crippen MR) is 143 cm³/mol. The normalized spacial score (nSPS) is 20.3. The zero-order valence-electron chi connectivity index (χ0n) is 20.1. The van der Waals surface area contributed by atoms with Gasteiger partial charge in [0.15, 0.2) is 6.29 Å². The van der Waals surface area contributed by atoms with Gasteiger partial charge in [0.05, 0.1) is 18.6 Å². The van der Waals surface area contributed by atoms with Gasteiger partial charge in [-0.2, -0.15) is 0 Å². The monoisotopic (exact) mass is 531 g/mol. The second-order valence-corrected chi connectivity index (χ2v) is 10.1. The van der Waals surface area contributed by atoms with Gasteiger partial charge in [0, 0.05) is 67.2 Å². The molecule has 2 N–H and O–H groups in total. The lowest BCUT2D eigenvalue weighted by molar-refractivity contribution is -0.112. The summed E-state index contributed by atoms with van der Waals surface area (Å²) in [5, 5.41) is 5.37. The van der Waals surface area contributed by atoms with E-state index in [9.17, 15) is 4.79 Å². The highest BCUT2D eigenvalue weighted by molar-refractivity contribution is 6.35. The maximum atomic E-state index is 12.2. The third-order valence-corrected chi connectivity index (χ3v) is 7.37. The van der Waals surface area contributed by atoms with Crippen molar-refractivity contribution >= 4 is 52.0 Å². The van der Waals surface area contributed by atoms with Gasteiger partial charge >= 0.3 is 0 Å². The maximum absolute atomic E-state index is 12.2. The molecule has 1 aromatic carbocycles. The Morgan fingerprint density at radius 3 is 2.78 bits per heavy atom. The molecule has 0 saturated carbocycles. The van der Waals surface area contributed by atoms with Crippen molar-refractivity contribution in [3.05, 3.63) is 46.8 Å². The summed E-state index contributed by atoms with van der Waals surface area (Å²) in [6, 6.07) is 7.47. The molecule has 192 valence electrons. The number of ether oxygens (including phenoxy) is 1. The molecule has 4 heterocycles. The average Bonchev–Trinajstić information content (AvgIpc) is 3.37. The number of aromatic nitrogens is 3. The number of morpholine rings is 1. The highest BCUT2D eigenvalue weighted by Gasteiger charge is 2.31. The summed E-state index contributed by atoms with van der Waals surface area (Å²) in [4.78, 5) is 31.5. The number of fused-ring (bicyclic) bond motifs is 1. The highest BCUT2D eigenvalue weighted by Crippen LogP contribution is 2.29. The van der Waals surface area contributed by atoms with Gasteiger partial charge in [0.1, 0.15) is 24.0 Å². The molecule has 11 heteroatoms. The average molecular weight is 532 g/mol. The van der Waals surface area contributed by atoms with E-state index in [1.165, 1.54) is 0 Å². The number of likely N-dealkylation sites (tertiary alicyclic amines) is 1. The number of aromatic amines is 1. The summed E-state index contributed by atoms with van der Waals surface area (Å²) in [5.74, 6) is 0.929. The number of aldehydes is 1. The second-order valence-electron chi connectivity index (χ2n) is 9.26. The summed E-state index contributed by atoms with van der Waals surface area (Å²) in [5.41, 5.74) is 1.55. The Bertz CT molecular complexity index is 1150. The van der Waals surface area contributed by atoms with E-state index in [0.29, 0.717) is 10.0 Å². The van der Waals surface area contributed by atoms with E-state index in [2.05, 4.69) is 30.0 Å². The number of nitrogens with zero attached hydrogens (tertiary/aromatic N) is 5. The van der Waals surface area contributed by atoms with Crippen LogP contribution in [0.25, 0.3) is 11.0 Å². The van der Waals surface area contributed by atoms with Gasteiger partial charge in [-0.1, -0.05) is 23.2 Å². The molecule has 2 atom stereocenters. The number of nitrogens with one attached hydrogen (secondary N) is 2. The molecule has 2 fully saturated rings. The molecule has 36 heavy (non-hydrogen) atoms. The fourth-order valence-corrected chi connectivity index (χ4v) is 5.66. The maximum Gasteiger partial charge on any atom is 0.157 e. The molecule has 0 radical (unpaired) electrons. The third-order valence-electron chi connectivity index (χ3n) is 6.93. The van der Waals surface area contributed by atoms with Crippen LogP contribution in [-0.4, -0.2) is 95.7 Å². The molecule has 0 aliphatic carbocycles. The molecule has 3 aromatic rings. The van der Waals surface area contributed by atoms with Crippen LogP contribution in [0.3, 0.4) is 0 Å². The summed E-state index contributed by atoms with van der Waals surface area (Å²) in [6.45, 7) is 6.72. The topological polar surface area (TPSA) is 89.6 Å². The molecule has 2 saturated heterocycles. The van der Waals surface area contributed by atoms with Crippen molar-refractivity contribution in [2.45, 2.75) is 25.0 Å². The summed E-state index contributed by atoms with van der Waals surface area (Å²) in [7, 11) is 0. The molecule has 5 rings (SSSR count). The first-order valence-corrected chi connectivity index (χ1v) is 13.1. The van der Waals surface area contributed by atoms with Crippen LogP contribution >= 0.6 is 23.2 Å². The fourth-order valence-electron chi connectivity index (χ4n) is 5.13. The Balaban J connectivity index is 1.36. The lowest BCUT2D eigenvalue weighted by Gasteiger charge is -2.42. The number of hydrogen-bond donors (Lipinski definition) is 2. The minimum atomic E-state index is -0.485. The highest BCUT2D eigenvalue weighted by atomic mass is 35.5. The van der Waals surface area contributed by atoms with Gasteiger partial charge in [-0.25, -0.2) is 9.97 Å². The minimum absolute atomic E-state index is 0.194. The summed E-state index contributed by atoms with van der Waals surface area (Å²) in [6.07, 6.45) is 5.98. The van der Waals surface area contributed by atoms with Crippen LogP contribution in [0.4, 0.5) is 11.5 Å². The minimum Gasteiger partial charge on any atom is -0.379 e. The Morgan fingerprint density at radius 2 is 2.00 bits per heavy atom. The standard InChI is InChI=1S/C25H31Cl2N7O2/c26-18-12-19(27)14-20(13-18)31-23(16-35)33-5-1-2-21(15-33)34(7-6-32-8-10-36-11-9-32)25-22-3-4-28-24(22)29-17-30-25/h3-4,12-14,16-17,21,23,31H,1-2,5-11,15H2,(H,28,29,30). The molecule has 0 spiro atoms. The Morgan fingerprint density at radius 1 is 1.19 bits per heavy atom. The molecule has 0 bridgehead atoms. The van der Waals surface area contributed by atoms with Crippen molar-refractivity contribution in [2.24, 2.45) is 0 Å². The number of carbonyl (C=O) groups excluding carboxylic acids is 1. The van der Waals surface area contributed by atoms with Crippen LogP contribution in [-0.2, 0) is 9.53 Å². The van der Waals surface area contributed by atoms with E-state index in [1.807, 2.05) is 12.3 Å². The van der Waals surface area contributed by atoms with Crippen LogP contribution in [0.5, 0.6) is 0 Å². The first-order valence-electron chi connectivity index (χ1n) is 12.4. The number of benzene rings is 1. The van der Waals surface area contributed by atoms with E-state index in [4.69, 9.17) is 32.9 Å². The van der Waals surface area contributed by atoms with Crippen LogP contribution in [0.1, 0.15) is 12.8 Å². The summed E-state index contributed by atoms with van der Waals surface area (Å²) >= 11 is 12.3. The smallest absolute Gasteiger partial charge is 0.157 e. The van der Waals surface area contributed by atoms with Crippen LogP contribution in [0.15, 0.2) is 36.8 Å². The van der Waals surface area contributed by atoms with E-state index < -0.39 is 6.17 Å². The number of H-pyrrole nitrogens is 1.